The van der Waals surface area contributed by atoms with Crippen LogP contribution >= 0.6 is 0 Å². The van der Waals surface area contributed by atoms with Crippen molar-refractivity contribution in [1.82, 2.24) is 5.32 Å². The van der Waals surface area contributed by atoms with Gasteiger partial charge < -0.3 is 25.6 Å². The maximum atomic E-state index is 13.5. The smallest absolute Gasteiger partial charge is 0.323 e. The second-order valence-corrected chi connectivity index (χ2v) is 10.4. The van der Waals surface area contributed by atoms with E-state index in [0.29, 0.717) is 30.3 Å². The van der Waals surface area contributed by atoms with Crippen molar-refractivity contribution < 1.29 is 23.1 Å². The summed E-state index contributed by atoms with van der Waals surface area (Å²) in [6.45, 7) is 2.78. The summed E-state index contributed by atoms with van der Waals surface area (Å²) in [6.07, 6.45) is 4.97. The molecule has 2 aliphatic rings. The summed E-state index contributed by atoms with van der Waals surface area (Å²) < 4.78 is 32.4. The highest BCUT2D eigenvalue weighted by atomic mass is 19.2. The topological polar surface area (TPSA) is 82.7 Å². The van der Waals surface area contributed by atoms with Crippen molar-refractivity contribution in [2.75, 3.05) is 41.8 Å². The van der Waals surface area contributed by atoms with Crippen LogP contribution in [-0.2, 0) is 11.2 Å². The van der Waals surface area contributed by atoms with Gasteiger partial charge in [-0.05, 0) is 73.9 Å². The second kappa shape index (κ2) is 12.9. The lowest BCUT2D eigenvalue weighted by molar-refractivity contribution is 0.0858. The van der Waals surface area contributed by atoms with Crippen molar-refractivity contribution >= 4 is 29.0 Å². The Kier molecular flexibility index (Phi) is 8.91. The largest absolute Gasteiger partial charge is 0.376 e. The van der Waals surface area contributed by atoms with Crippen LogP contribution in [0.15, 0.2) is 66.7 Å². The standard InChI is InChI=1S/C31H34F2N4O3/c32-27-10-8-24(19-28(27)33)36-31(39)35-23-9-11-29(26(18-23)30(38)34-20-25-7-4-16-40-25)37-14-12-22(13-15-37)17-21-5-2-1-3-6-21/h1-3,5-6,8-11,18-19,22,25H,4,7,12-17,20H2,(H,34,38)(H2,35,36,39). The first-order valence-electron chi connectivity index (χ1n) is 13.8. The fraction of sp³-hybridized carbons (Fsp3) is 0.355. The highest BCUT2D eigenvalue weighted by molar-refractivity contribution is 6.04. The van der Waals surface area contributed by atoms with Gasteiger partial charge >= 0.3 is 6.03 Å². The lowest BCUT2D eigenvalue weighted by Crippen LogP contribution is -2.37. The van der Waals surface area contributed by atoms with Crippen LogP contribution in [0, 0.1) is 17.6 Å². The lowest BCUT2D eigenvalue weighted by atomic mass is 9.89. The van der Waals surface area contributed by atoms with Crippen LogP contribution in [0.5, 0.6) is 0 Å². The molecule has 1 atom stereocenters. The summed E-state index contributed by atoms with van der Waals surface area (Å²) in [5, 5.41) is 8.18. The molecule has 2 aliphatic heterocycles. The number of ether oxygens (including phenoxy) is 1. The number of urea groups is 1. The Labute approximate surface area is 232 Å². The summed E-state index contributed by atoms with van der Waals surface area (Å²) in [7, 11) is 0. The van der Waals surface area contributed by atoms with Gasteiger partial charge in [0.1, 0.15) is 0 Å². The van der Waals surface area contributed by atoms with E-state index in [0.717, 1.165) is 63.0 Å². The molecule has 210 valence electrons. The van der Waals surface area contributed by atoms with E-state index < -0.39 is 17.7 Å². The molecule has 40 heavy (non-hydrogen) atoms. The molecular formula is C31H34F2N4O3. The minimum absolute atomic E-state index is 0.00400. The van der Waals surface area contributed by atoms with Gasteiger partial charge in [-0.1, -0.05) is 30.3 Å². The summed E-state index contributed by atoms with van der Waals surface area (Å²) in [5.74, 6) is -1.71. The maximum Gasteiger partial charge on any atom is 0.323 e. The Hall–Kier alpha value is -3.98. The van der Waals surface area contributed by atoms with E-state index in [1.807, 2.05) is 12.1 Å². The molecule has 1 unspecified atom stereocenters. The average Bonchev–Trinajstić information content (AvgIpc) is 3.49. The fourth-order valence-electron chi connectivity index (χ4n) is 5.37. The summed E-state index contributed by atoms with van der Waals surface area (Å²) in [4.78, 5) is 28.2. The van der Waals surface area contributed by atoms with Crippen molar-refractivity contribution in [1.29, 1.82) is 0 Å². The van der Waals surface area contributed by atoms with Crippen molar-refractivity contribution in [2.45, 2.75) is 38.2 Å². The van der Waals surface area contributed by atoms with Gasteiger partial charge in [0.2, 0.25) is 0 Å². The highest BCUT2D eigenvalue weighted by Gasteiger charge is 2.25. The van der Waals surface area contributed by atoms with E-state index in [4.69, 9.17) is 4.74 Å². The van der Waals surface area contributed by atoms with Crippen molar-refractivity contribution in [2.24, 2.45) is 5.92 Å². The summed E-state index contributed by atoms with van der Waals surface area (Å²) in [5.41, 5.74) is 3.14. The predicted octanol–water partition coefficient (Wildman–Crippen LogP) is 5.98. The van der Waals surface area contributed by atoms with Gasteiger partial charge in [0.25, 0.3) is 5.91 Å². The second-order valence-electron chi connectivity index (χ2n) is 10.4. The molecule has 3 amide bonds. The molecule has 2 heterocycles. The molecule has 9 heteroatoms. The molecule has 0 saturated carbocycles. The number of rotatable bonds is 8. The zero-order valence-corrected chi connectivity index (χ0v) is 22.3. The van der Waals surface area contributed by atoms with Gasteiger partial charge in [-0.25, -0.2) is 13.6 Å². The maximum absolute atomic E-state index is 13.5. The molecule has 0 aliphatic carbocycles. The van der Waals surface area contributed by atoms with Gasteiger partial charge in [-0.15, -0.1) is 0 Å². The molecule has 0 radical (unpaired) electrons. The zero-order valence-electron chi connectivity index (χ0n) is 22.3. The molecule has 3 aromatic rings. The number of anilines is 3. The summed E-state index contributed by atoms with van der Waals surface area (Å²) >= 11 is 0. The third kappa shape index (κ3) is 7.15. The molecule has 2 saturated heterocycles. The molecule has 7 nitrogen and oxygen atoms in total. The number of halogens is 2. The lowest BCUT2D eigenvalue weighted by Gasteiger charge is -2.35. The molecule has 2 fully saturated rings. The van der Waals surface area contributed by atoms with Crippen molar-refractivity contribution in [3.63, 3.8) is 0 Å². The van der Waals surface area contributed by atoms with Crippen LogP contribution in [-0.4, -0.2) is 44.3 Å². The number of carbonyl (C=O) groups excluding carboxylic acids is 2. The van der Waals surface area contributed by atoms with E-state index in [2.05, 4.69) is 45.1 Å². The number of benzene rings is 3. The van der Waals surface area contributed by atoms with Crippen molar-refractivity contribution in [3.05, 3.63) is 89.5 Å². The van der Waals surface area contributed by atoms with Crippen molar-refractivity contribution in [3.8, 4) is 0 Å². The minimum Gasteiger partial charge on any atom is -0.376 e. The highest BCUT2D eigenvalue weighted by Crippen LogP contribution is 2.30. The first-order chi connectivity index (χ1) is 19.4. The molecule has 0 aromatic heterocycles. The Morgan fingerprint density at radius 1 is 0.875 bits per heavy atom. The Morgan fingerprint density at radius 3 is 2.30 bits per heavy atom. The van der Waals surface area contributed by atoms with Crippen LogP contribution in [0.2, 0.25) is 0 Å². The Balaban J connectivity index is 1.28. The quantitative estimate of drug-likeness (QED) is 0.324. The van der Waals surface area contributed by atoms with E-state index >= 15 is 0 Å². The molecule has 3 aromatic carbocycles. The SMILES string of the molecule is O=C(Nc1ccc(F)c(F)c1)Nc1ccc(N2CCC(Cc3ccccc3)CC2)c(C(=O)NCC2CCCO2)c1. The van der Waals surface area contributed by atoms with E-state index in [9.17, 15) is 18.4 Å². The summed E-state index contributed by atoms with van der Waals surface area (Å²) in [6, 6.07) is 18.2. The number of carbonyl (C=O) groups is 2. The van der Waals surface area contributed by atoms with Crippen LogP contribution < -0.4 is 20.9 Å². The fourth-order valence-corrected chi connectivity index (χ4v) is 5.37. The van der Waals surface area contributed by atoms with Gasteiger partial charge in [0, 0.05) is 49.4 Å². The van der Waals surface area contributed by atoms with Gasteiger partial charge in [-0.2, -0.15) is 0 Å². The normalized spacial score (nSPS) is 17.4. The van der Waals surface area contributed by atoms with E-state index in [1.165, 1.54) is 11.6 Å². The molecule has 5 rings (SSSR count). The average molecular weight is 549 g/mol. The van der Waals surface area contributed by atoms with Crippen LogP contribution in [0.4, 0.5) is 30.6 Å². The van der Waals surface area contributed by atoms with Crippen LogP contribution in [0.25, 0.3) is 0 Å². The zero-order chi connectivity index (χ0) is 27.9. The number of hydrogen-bond donors (Lipinski definition) is 3. The third-order valence-electron chi connectivity index (χ3n) is 7.51. The molecule has 3 N–H and O–H groups in total. The molecule has 0 bridgehead atoms. The van der Waals surface area contributed by atoms with Gasteiger partial charge in [0.15, 0.2) is 11.6 Å². The number of amides is 3. The number of nitrogens with one attached hydrogen (secondary N) is 3. The predicted molar refractivity (Wildman–Crippen MR) is 152 cm³/mol. The van der Waals surface area contributed by atoms with Crippen LogP contribution in [0.3, 0.4) is 0 Å². The Morgan fingerprint density at radius 2 is 1.60 bits per heavy atom. The number of nitrogens with zero attached hydrogens (tertiary/aromatic N) is 1. The van der Waals surface area contributed by atoms with Crippen LogP contribution in [0.1, 0.15) is 41.6 Å². The minimum atomic E-state index is -1.06. The first-order valence-corrected chi connectivity index (χ1v) is 13.8. The Bertz CT molecular complexity index is 1320. The van der Waals surface area contributed by atoms with Gasteiger partial charge in [-0.3, -0.25) is 4.79 Å². The number of hydrogen-bond acceptors (Lipinski definition) is 4. The third-order valence-corrected chi connectivity index (χ3v) is 7.51. The molecular weight excluding hydrogens is 514 g/mol. The van der Waals surface area contributed by atoms with E-state index in [-0.39, 0.29) is 17.7 Å². The van der Waals surface area contributed by atoms with E-state index in [1.54, 1.807) is 12.1 Å². The first kappa shape index (κ1) is 27.6. The monoisotopic (exact) mass is 548 g/mol. The molecule has 0 spiro atoms. The number of piperidine rings is 1. The van der Waals surface area contributed by atoms with Gasteiger partial charge in [0.05, 0.1) is 11.7 Å².